The van der Waals surface area contributed by atoms with Crippen LogP contribution in [0.25, 0.3) is 0 Å². The third kappa shape index (κ3) is 9.69. The van der Waals surface area contributed by atoms with Crippen molar-refractivity contribution in [2.24, 2.45) is 0 Å². The second-order valence-electron chi connectivity index (χ2n) is 9.01. The Morgan fingerprint density at radius 2 is 1.40 bits per heavy atom. The number of para-hydroxylation sites is 2. The Bertz CT molecular complexity index is 531. The minimum absolute atomic E-state index is 0.137. The zero-order valence-electron chi connectivity index (χ0n) is 17.4. The predicted octanol–water partition coefficient (Wildman–Crippen LogP) is 7.37. The van der Waals surface area contributed by atoms with E-state index in [1.807, 2.05) is 59.7 Å². The molecular weight excluding hydrogens is 348 g/mol. The zero-order valence-corrected chi connectivity index (χ0v) is 19.1. The van der Waals surface area contributed by atoms with Gasteiger partial charge in [-0.2, -0.15) is 0 Å². The monoisotopic (exact) mass is 384 g/mol. The molecule has 0 spiro atoms. The average Bonchev–Trinajstić information content (AvgIpc) is 2.44. The largest absolute Gasteiger partial charge is 0.487 e. The van der Waals surface area contributed by atoms with Crippen molar-refractivity contribution in [2.45, 2.75) is 96.4 Å². The quantitative estimate of drug-likeness (QED) is 0.413. The first-order chi connectivity index (χ1) is 11.3. The summed E-state index contributed by atoms with van der Waals surface area (Å²) in [5, 5.41) is 0. The molecule has 0 saturated carbocycles. The summed E-state index contributed by atoms with van der Waals surface area (Å²) in [7, 11) is 3.94. The number of benzene rings is 1. The predicted molar refractivity (Wildman–Crippen MR) is 115 cm³/mol. The van der Waals surface area contributed by atoms with Crippen molar-refractivity contribution in [2.75, 3.05) is 0 Å². The van der Waals surface area contributed by atoms with Crippen LogP contribution in [0.2, 0.25) is 0 Å². The van der Waals surface area contributed by atoms with E-state index < -0.39 is 0 Å². The second-order valence-corrected chi connectivity index (χ2v) is 12.7. The molecule has 0 heterocycles. The summed E-state index contributed by atoms with van der Waals surface area (Å²) < 4.78 is 12.7. The lowest BCUT2D eigenvalue weighted by molar-refractivity contribution is 0.0868. The van der Waals surface area contributed by atoms with Gasteiger partial charge in [-0.25, -0.2) is 0 Å². The average molecular weight is 385 g/mol. The van der Waals surface area contributed by atoms with Crippen molar-refractivity contribution in [1.29, 1.82) is 0 Å². The molecule has 1 aromatic rings. The van der Waals surface area contributed by atoms with Crippen LogP contribution in [0.15, 0.2) is 24.3 Å². The summed E-state index contributed by atoms with van der Waals surface area (Å²) in [5.74, 6) is 1.65. The van der Waals surface area contributed by atoms with E-state index in [1.165, 1.54) is 0 Å². The van der Waals surface area contributed by atoms with Crippen molar-refractivity contribution < 1.29 is 9.47 Å². The van der Waals surface area contributed by atoms with E-state index in [9.17, 15) is 0 Å². The van der Waals surface area contributed by atoms with E-state index >= 15 is 0 Å². The van der Waals surface area contributed by atoms with Gasteiger partial charge in [-0.1, -0.05) is 54.5 Å². The van der Waals surface area contributed by atoms with Crippen LogP contribution in [0.1, 0.15) is 75.2 Å². The second kappa shape index (κ2) is 8.94. The maximum atomic E-state index is 6.33. The summed E-state index contributed by atoms with van der Waals surface area (Å²) in [6.07, 6.45) is 2.23. The normalized spacial score (nSPS) is 13.2. The first-order valence-electron chi connectivity index (χ1n) is 9.11. The molecule has 1 rings (SSSR count). The number of ether oxygens (including phenoxy) is 2. The van der Waals surface area contributed by atoms with E-state index in [1.54, 1.807) is 0 Å². The molecule has 0 N–H and O–H groups in total. The highest BCUT2D eigenvalue weighted by Crippen LogP contribution is 2.46. The van der Waals surface area contributed by atoms with Crippen molar-refractivity contribution in [3.63, 3.8) is 0 Å². The van der Waals surface area contributed by atoms with Crippen LogP contribution in [0, 0.1) is 0 Å². The molecule has 0 radical (unpaired) electrons. The summed E-state index contributed by atoms with van der Waals surface area (Å²) >= 11 is 0. The van der Waals surface area contributed by atoms with E-state index in [0.29, 0.717) is 0 Å². The minimum atomic E-state index is -0.235. The Kier molecular flexibility index (Phi) is 8.07. The van der Waals surface area contributed by atoms with Gasteiger partial charge in [-0.3, -0.25) is 0 Å². The first kappa shape index (κ1) is 22.6. The maximum Gasteiger partial charge on any atom is 0.161 e. The van der Waals surface area contributed by atoms with Crippen LogP contribution in [0.4, 0.5) is 0 Å². The third-order valence-electron chi connectivity index (χ3n) is 3.44. The summed E-state index contributed by atoms with van der Waals surface area (Å²) in [6.45, 7) is 19.8. The fourth-order valence-electron chi connectivity index (χ4n) is 2.12. The summed E-state index contributed by atoms with van der Waals surface area (Å²) in [5.41, 5.74) is -0.235. The van der Waals surface area contributed by atoms with Gasteiger partial charge < -0.3 is 9.47 Å². The topological polar surface area (TPSA) is 18.5 Å². The van der Waals surface area contributed by atoms with E-state index in [2.05, 4.69) is 48.5 Å². The molecule has 0 saturated heterocycles. The molecule has 0 unspecified atom stereocenters. The van der Waals surface area contributed by atoms with Crippen LogP contribution in [-0.2, 0) is 0 Å². The van der Waals surface area contributed by atoms with Crippen molar-refractivity contribution in [3.05, 3.63) is 24.3 Å². The number of hydrogen-bond donors (Lipinski definition) is 0. The van der Waals surface area contributed by atoms with E-state index in [4.69, 9.17) is 9.47 Å². The highest BCUT2D eigenvalue weighted by atomic mass is 33.1. The highest BCUT2D eigenvalue weighted by Gasteiger charge is 2.28. The maximum absolute atomic E-state index is 6.33. The first-order valence-corrected chi connectivity index (χ1v) is 11.3. The molecule has 0 aliphatic carbocycles. The van der Waals surface area contributed by atoms with Gasteiger partial charge in [0.25, 0.3) is 0 Å². The van der Waals surface area contributed by atoms with Crippen LogP contribution < -0.4 is 9.47 Å². The molecule has 0 aliphatic rings. The summed E-state index contributed by atoms with van der Waals surface area (Å²) in [4.78, 5) is 0. The lowest BCUT2D eigenvalue weighted by Gasteiger charge is -2.33. The Morgan fingerprint density at radius 1 is 0.840 bits per heavy atom. The molecule has 144 valence electrons. The molecule has 25 heavy (non-hydrogen) atoms. The fourth-order valence-corrected chi connectivity index (χ4v) is 4.45. The molecule has 4 heteroatoms. The Balaban J connectivity index is 2.67. The molecule has 0 atom stereocenters. The number of hydrogen-bond acceptors (Lipinski definition) is 4. The van der Waals surface area contributed by atoms with Crippen LogP contribution in [0.5, 0.6) is 11.5 Å². The van der Waals surface area contributed by atoms with Gasteiger partial charge in [-0.15, -0.1) is 0 Å². The molecule has 0 aliphatic heterocycles. The van der Waals surface area contributed by atoms with Crippen molar-refractivity contribution >= 4 is 21.6 Å². The van der Waals surface area contributed by atoms with Gasteiger partial charge in [0, 0.05) is 9.49 Å². The standard InChI is InChI=1S/C21H36O2S2/c1-16(2)22-17-12-10-11-13-18(17)23-20(6,7)14-15-21(8,9)25-24-19(3,4)5/h10-13,16H,14-15H2,1-9H3. The third-order valence-corrected chi connectivity index (χ3v) is 7.79. The van der Waals surface area contributed by atoms with Gasteiger partial charge in [0.2, 0.25) is 0 Å². The van der Waals surface area contributed by atoms with Gasteiger partial charge in [0.1, 0.15) is 5.60 Å². The van der Waals surface area contributed by atoms with Crippen LogP contribution >= 0.6 is 21.6 Å². The van der Waals surface area contributed by atoms with E-state index in [-0.39, 0.29) is 21.2 Å². The molecule has 2 nitrogen and oxygen atoms in total. The Labute approximate surface area is 163 Å². The lowest BCUT2D eigenvalue weighted by atomic mass is 9.96. The molecule has 0 amide bonds. The number of rotatable bonds is 9. The molecule has 0 aromatic heterocycles. The molecule has 0 bridgehead atoms. The SMILES string of the molecule is CC(C)Oc1ccccc1OC(C)(C)CCC(C)(C)SSC(C)(C)C. The minimum Gasteiger partial charge on any atom is -0.487 e. The molecular formula is C21H36O2S2. The fraction of sp³-hybridized carbons (Fsp3) is 0.714. The highest BCUT2D eigenvalue weighted by molar-refractivity contribution is 8.77. The van der Waals surface area contributed by atoms with Crippen LogP contribution in [-0.4, -0.2) is 21.2 Å². The smallest absolute Gasteiger partial charge is 0.161 e. The van der Waals surface area contributed by atoms with Crippen LogP contribution in [0.3, 0.4) is 0 Å². The molecule has 0 fully saturated rings. The van der Waals surface area contributed by atoms with Gasteiger partial charge in [0.05, 0.1) is 6.10 Å². The molecule has 1 aromatic carbocycles. The van der Waals surface area contributed by atoms with Gasteiger partial charge >= 0.3 is 0 Å². The lowest BCUT2D eigenvalue weighted by Crippen LogP contribution is -2.31. The summed E-state index contributed by atoms with van der Waals surface area (Å²) in [6, 6.07) is 7.96. The zero-order chi connectivity index (χ0) is 19.3. The Morgan fingerprint density at radius 3 is 1.92 bits per heavy atom. The van der Waals surface area contributed by atoms with E-state index in [0.717, 1.165) is 24.3 Å². The Hall–Kier alpha value is -0.480. The van der Waals surface area contributed by atoms with Crippen molar-refractivity contribution in [1.82, 2.24) is 0 Å². The van der Waals surface area contributed by atoms with Gasteiger partial charge in [-0.05, 0) is 66.5 Å². The van der Waals surface area contributed by atoms with Crippen molar-refractivity contribution in [3.8, 4) is 11.5 Å². The van der Waals surface area contributed by atoms with Gasteiger partial charge in [0.15, 0.2) is 11.5 Å².